The van der Waals surface area contributed by atoms with E-state index in [2.05, 4.69) is 20.6 Å². The number of phenols is 1. The second kappa shape index (κ2) is 11.3. The predicted molar refractivity (Wildman–Crippen MR) is 112 cm³/mol. The molecule has 0 fully saturated rings. The van der Waals surface area contributed by atoms with Crippen LogP contribution < -0.4 is 10.6 Å². The molecule has 0 bridgehead atoms. The number of aryl methyl sites for hydroxylation is 1. The van der Waals surface area contributed by atoms with Crippen LogP contribution in [0.3, 0.4) is 0 Å². The minimum Gasteiger partial charge on any atom is -0.508 e. The third kappa shape index (κ3) is 8.33. The first kappa shape index (κ1) is 23.5. The summed E-state index contributed by atoms with van der Waals surface area (Å²) in [5, 5.41) is 16.8. The third-order valence-corrected chi connectivity index (χ3v) is 4.26. The van der Waals surface area contributed by atoms with Crippen LogP contribution in [0.25, 0.3) is 0 Å². The summed E-state index contributed by atoms with van der Waals surface area (Å²) in [6.07, 6.45) is -2.73. The van der Waals surface area contributed by atoms with E-state index in [0.717, 1.165) is 35.1 Å². The minimum absolute atomic E-state index is 0. The molecule has 1 heterocycles. The van der Waals surface area contributed by atoms with Crippen LogP contribution in [0, 0.1) is 0 Å². The van der Waals surface area contributed by atoms with Gasteiger partial charge in [0.05, 0.1) is 6.54 Å². The van der Waals surface area contributed by atoms with Crippen molar-refractivity contribution >= 4 is 41.3 Å². The molecule has 1 aromatic heterocycles. The van der Waals surface area contributed by atoms with Gasteiger partial charge in [0.2, 0.25) is 0 Å². The number of phenolic OH excluding ortho intramolecular Hbond substituents is 1. The van der Waals surface area contributed by atoms with Crippen molar-refractivity contribution in [1.82, 2.24) is 15.6 Å². The Bertz CT molecular complexity index is 720. The first-order chi connectivity index (χ1) is 12.4. The maximum atomic E-state index is 12.6. The molecule has 2 aromatic rings. The van der Waals surface area contributed by atoms with Gasteiger partial charge < -0.3 is 15.7 Å². The number of hydrogen-bond acceptors (Lipinski definition) is 4. The zero-order chi connectivity index (χ0) is 19.0. The fraction of sp³-hybridized carbons (Fsp3) is 0.412. The molecule has 0 amide bonds. The van der Waals surface area contributed by atoms with E-state index in [-0.39, 0.29) is 36.3 Å². The van der Waals surface area contributed by atoms with Crippen molar-refractivity contribution < 1.29 is 18.3 Å². The van der Waals surface area contributed by atoms with Crippen LogP contribution in [0.1, 0.15) is 29.6 Å². The number of halogens is 4. The van der Waals surface area contributed by atoms with Gasteiger partial charge >= 0.3 is 6.18 Å². The molecule has 0 aliphatic carbocycles. The van der Waals surface area contributed by atoms with Crippen molar-refractivity contribution in [1.29, 1.82) is 0 Å². The highest BCUT2D eigenvalue weighted by atomic mass is 127. The summed E-state index contributed by atoms with van der Waals surface area (Å²) in [6, 6.07) is 7.04. The first-order valence-electron chi connectivity index (χ1n) is 8.20. The number of rotatable bonds is 7. The Balaban J connectivity index is 0.00000364. The molecule has 1 aromatic carbocycles. The van der Waals surface area contributed by atoms with Gasteiger partial charge in [-0.25, -0.2) is 9.98 Å². The molecule has 0 saturated heterocycles. The molecule has 3 N–H and O–H groups in total. The number of benzene rings is 1. The number of thiazole rings is 1. The number of nitrogens with zero attached hydrogens (tertiary/aromatic N) is 2. The molecule has 0 spiro atoms. The SMILES string of the molecule is CCNC(=NCc1nc(C(F)(F)F)cs1)NCCCc1ccc(O)cc1.I. The highest BCUT2D eigenvalue weighted by Crippen LogP contribution is 2.30. The Morgan fingerprint density at radius 3 is 2.52 bits per heavy atom. The molecule has 5 nitrogen and oxygen atoms in total. The Labute approximate surface area is 177 Å². The Morgan fingerprint density at radius 2 is 1.93 bits per heavy atom. The summed E-state index contributed by atoms with van der Waals surface area (Å²) in [5.74, 6) is 0.784. The highest BCUT2D eigenvalue weighted by molar-refractivity contribution is 14.0. The van der Waals surface area contributed by atoms with Crippen LogP contribution >= 0.6 is 35.3 Å². The lowest BCUT2D eigenvalue weighted by atomic mass is 10.1. The smallest absolute Gasteiger partial charge is 0.434 e. The molecule has 10 heteroatoms. The Hall–Kier alpha value is -1.56. The minimum atomic E-state index is -4.42. The van der Waals surface area contributed by atoms with E-state index in [4.69, 9.17) is 0 Å². The van der Waals surface area contributed by atoms with Gasteiger partial charge in [-0.05, 0) is 37.5 Å². The van der Waals surface area contributed by atoms with E-state index in [1.807, 2.05) is 19.1 Å². The van der Waals surface area contributed by atoms with E-state index in [0.29, 0.717) is 24.1 Å². The Kier molecular flexibility index (Phi) is 9.84. The molecule has 2 rings (SSSR count). The summed E-state index contributed by atoms with van der Waals surface area (Å²) in [6.45, 7) is 3.32. The number of alkyl halides is 3. The third-order valence-electron chi connectivity index (χ3n) is 3.43. The van der Waals surface area contributed by atoms with Gasteiger partial charge in [0.25, 0.3) is 0 Å². The molecular weight excluding hydrogens is 492 g/mol. The average molecular weight is 514 g/mol. The van der Waals surface area contributed by atoms with Crippen LogP contribution in [0.2, 0.25) is 0 Å². The lowest BCUT2D eigenvalue weighted by molar-refractivity contribution is -0.140. The fourth-order valence-corrected chi connectivity index (χ4v) is 2.89. The molecule has 0 unspecified atom stereocenters. The van der Waals surface area contributed by atoms with Gasteiger partial charge in [-0.1, -0.05) is 12.1 Å². The van der Waals surface area contributed by atoms with Crippen molar-refractivity contribution in [3.05, 3.63) is 45.9 Å². The zero-order valence-electron chi connectivity index (χ0n) is 14.7. The summed E-state index contributed by atoms with van der Waals surface area (Å²) in [5.41, 5.74) is 0.244. The predicted octanol–water partition coefficient (Wildman–Crippen LogP) is 4.17. The van der Waals surface area contributed by atoms with Crippen molar-refractivity contribution in [2.75, 3.05) is 13.1 Å². The highest BCUT2D eigenvalue weighted by Gasteiger charge is 2.33. The number of aromatic hydroxyl groups is 1. The first-order valence-corrected chi connectivity index (χ1v) is 9.08. The van der Waals surface area contributed by atoms with Gasteiger partial charge in [0, 0.05) is 18.5 Å². The van der Waals surface area contributed by atoms with Crippen LogP contribution in [-0.4, -0.2) is 29.1 Å². The lowest BCUT2D eigenvalue weighted by Crippen LogP contribution is -2.37. The normalized spacial score (nSPS) is 11.8. The molecular formula is C17H22F3IN4OS. The summed E-state index contributed by atoms with van der Waals surface area (Å²) >= 11 is 0.949. The molecule has 0 aliphatic heterocycles. The van der Waals surface area contributed by atoms with Gasteiger partial charge in [-0.15, -0.1) is 35.3 Å². The quantitative estimate of drug-likeness (QED) is 0.225. The zero-order valence-corrected chi connectivity index (χ0v) is 17.9. The largest absolute Gasteiger partial charge is 0.508 e. The summed E-state index contributed by atoms with van der Waals surface area (Å²) < 4.78 is 37.7. The molecule has 27 heavy (non-hydrogen) atoms. The Morgan fingerprint density at radius 1 is 1.22 bits per heavy atom. The summed E-state index contributed by atoms with van der Waals surface area (Å²) in [7, 11) is 0. The monoisotopic (exact) mass is 514 g/mol. The van der Waals surface area contributed by atoms with Gasteiger partial charge in [0.1, 0.15) is 10.8 Å². The molecule has 0 aliphatic rings. The van der Waals surface area contributed by atoms with Crippen LogP contribution in [0.5, 0.6) is 5.75 Å². The van der Waals surface area contributed by atoms with E-state index in [9.17, 15) is 18.3 Å². The molecule has 0 atom stereocenters. The number of aromatic nitrogens is 1. The van der Waals surface area contributed by atoms with E-state index < -0.39 is 11.9 Å². The van der Waals surface area contributed by atoms with Crippen LogP contribution in [-0.2, 0) is 19.1 Å². The van der Waals surface area contributed by atoms with E-state index >= 15 is 0 Å². The lowest BCUT2D eigenvalue weighted by Gasteiger charge is -2.11. The second-order valence-electron chi connectivity index (χ2n) is 5.52. The maximum Gasteiger partial charge on any atom is 0.434 e. The average Bonchev–Trinajstić information content (AvgIpc) is 3.07. The second-order valence-corrected chi connectivity index (χ2v) is 6.46. The summed E-state index contributed by atoms with van der Waals surface area (Å²) in [4.78, 5) is 7.84. The van der Waals surface area contributed by atoms with Crippen molar-refractivity contribution in [3.63, 3.8) is 0 Å². The number of guanidine groups is 1. The van der Waals surface area contributed by atoms with Gasteiger partial charge in [-0.3, -0.25) is 0 Å². The molecule has 150 valence electrons. The van der Waals surface area contributed by atoms with Gasteiger partial charge in [0.15, 0.2) is 11.7 Å². The number of nitrogens with one attached hydrogen (secondary N) is 2. The van der Waals surface area contributed by atoms with E-state index in [1.165, 1.54) is 0 Å². The van der Waals surface area contributed by atoms with Crippen molar-refractivity contribution in [3.8, 4) is 5.75 Å². The standard InChI is InChI=1S/C17H21F3N4OS.HI/c1-2-21-16(22-9-3-4-12-5-7-13(25)8-6-12)23-10-15-24-14(11-26-15)17(18,19)20;/h5-8,11,25H,2-4,9-10H2,1H3,(H2,21,22,23);1H. The molecule has 0 radical (unpaired) electrons. The van der Waals surface area contributed by atoms with Gasteiger partial charge in [-0.2, -0.15) is 13.2 Å². The van der Waals surface area contributed by atoms with Crippen LogP contribution in [0.4, 0.5) is 13.2 Å². The topological polar surface area (TPSA) is 69.5 Å². The maximum absolute atomic E-state index is 12.6. The van der Waals surface area contributed by atoms with Crippen LogP contribution in [0.15, 0.2) is 34.6 Å². The molecule has 0 saturated carbocycles. The number of hydrogen-bond donors (Lipinski definition) is 3. The van der Waals surface area contributed by atoms with Crippen molar-refractivity contribution in [2.45, 2.75) is 32.5 Å². The number of aliphatic imine (C=N–C) groups is 1. The van der Waals surface area contributed by atoms with Crippen molar-refractivity contribution in [2.24, 2.45) is 4.99 Å². The van der Waals surface area contributed by atoms with E-state index in [1.54, 1.807) is 12.1 Å². The fourth-order valence-electron chi connectivity index (χ4n) is 2.16.